The van der Waals surface area contributed by atoms with Crippen LogP contribution in [0.25, 0.3) is 0 Å². The molecular weight excluding hydrogens is 328 g/mol. The zero-order valence-electron chi connectivity index (χ0n) is 11.0. The Balaban J connectivity index is 1.92. The van der Waals surface area contributed by atoms with Crippen LogP contribution in [0.3, 0.4) is 0 Å². The molecule has 1 fully saturated rings. The first-order valence-corrected chi connectivity index (χ1v) is 7.76. The molecule has 1 amide bonds. The Hall–Kier alpha value is -0.580. The fraction of sp³-hybridized carbons (Fsp3) is 0.500. The van der Waals surface area contributed by atoms with E-state index in [9.17, 15) is 4.79 Å². The van der Waals surface area contributed by atoms with Gasteiger partial charge in [-0.1, -0.05) is 18.5 Å². The van der Waals surface area contributed by atoms with Gasteiger partial charge in [-0.15, -0.1) is 0 Å². The van der Waals surface area contributed by atoms with E-state index in [4.69, 9.17) is 11.6 Å². The molecule has 1 heterocycles. The first kappa shape index (κ1) is 14.8. The average molecular weight is 346 g/mol. The Labute approximate surface area is 127 Å². The highest BCUT2D eigenvalue weighted by Crippen LogP contribution is 2.23. The minimum Gasteiger partial charge on any atom is -0.350 e. The first-order valence-electron chi connectivity index (χ1n) is 6.59. The van der Waals surface area contributed by atoms with Gasteiger partial charge < -0.3 is 5.32 Å². The van der Waals surface area contributed by atoms with E-state index in [1.165, 1.54) is 12.8 Å². The molecule has 0 saturated carbocycles. The number of halogens is 2. The summed E-state index contributed by atoms with van der Waals surface area (Å²) in [5.74, 6) is -0.0414. The maximum atomic E-state index is 12.1. The quantitative estimate of drug-likeness (QED) is 0.908. The number of rotatable bonds is 4. The molecule has 1 saturated heterocycles. The number of nitrogens with zero attached hydrogens (tertiary/aromatic N) is 1. The minimum atomic E-state index is -0.0414. The molecule has 0 aromatic heterocycles. The summed E-state index contributed by atoms with van der Waals surface area (Å²) < 4.78 is 0.748. The van der Waals surface area contributed by atoms with Crippen LogP contribution in [0.2, 0.25) is 5.02 Å². The van der Waals surface area contributed by atoms with Gasteiger partial charge in [0, 0.05) is 22.6 Å². The average Bonchev–Trinajstić information content (AvgIpc) is 2.86. The van der Waals surface area contributed by atoms with Gasteiger partial charge in [-0.2, -0.15) is 0 Å². The Bertz CT molecular complexity index is 467. The van der Waals surface area contributed by atoms with E-state index in [0.717, 1.165) is 17.6 Å². The molecule has 5 heteroatoms. The van der Waals surface area contributed by atoms with Crippen LogP contribution in [0.15, 0.2) is 22.7 Å². The Morgan fingerprint density at radius 2 is 2.37 bits per heavy atom. The van der Waals surface area contributed by atoms with Gasteiger partial charge in [0.1, 0.15) is 0 Å². The molecule has 2 rings (SSSR count). The van der Waals surface area contributed by atoms with E-state index >= 15 is 0 Å². The van der Waals surface area contributed by atoms with Crippen LogP contribution >= 0.6 is 27.5 Å². The molecule has 1 unspecified atom stereocenters. The van der Waals surface area contributed by atoms with Crippen LogP contribution in [0.1, 0.15) is 30.1 Å². The molecule has 19 heavy (non-hydrogen) atoms. The number of likely N-dealkylation sites (N-methyl/N-ethyl adjacent to an activating group) is 1. The van der Waals surface area contributed by atoms with Crippen LogP contribution in [0, 0.1) is 0 Å². The second-order valence-electron chi connectivity index (χ2n) is 4.76. The first-order chi connectivity index (χ1) is 9.11. The molecule has 0 spiro atoms. The smallest absolute Gasteiger partial charge is 0.251 e. The van der Waals surface area contributed by atoms with Crippen molar-refractivity contribution in [1.82, 2.24) is 10.2 Å². The predicted molar refractivity (Wildman–Crippen MR) is 81.8 cm³/mol. The van der Waals surface area contributed by atoms with Crippen molar-refractivity contribution >= 4 is 33.4 Å². The zero-order valence-corrected chi connectivity index (χ0v) is 13.3. The van der Waals surface area contributed by atoms with Gasteiger partial charge in [0.25, 0.3) is 5.91 Å². The van der Waals surface area contributed by atoms with E-state index in [1.54, 1.807) is 18.2 Å². The summed E-state index contributed by atoms with van der Waals surface area (Å²) >= 11 is 9.25. The monoisotopic (exact) mass is 344 g/mol. The molecule has 1 aliphatic heterocycles. The number of hydrogen-bond donors (Lipinski definition) is 1. The molecule has 1 aromatic carbocycles. The van der Waals surface area contributed by atoms with Gasteiger partial charge in [0.05, 0.1) is 5.02 Å². The molecule has 0 radical (unpaired) electrons. The fourth-order valence-electron chi connectivity index (χ4n) is 2.49. The number of amides is 1. The minimum absolute atomic E-state index is 0.0414. The second-order valence-corrected chi connectivity index (χ2v) is 6.03. The molecular formula is C14H18BrClN2O. The van der Waals surface area contributed by atoms with Gasteiger partial charge in [-0.3, -0.25) is 9.69 Å². The molecule has 1 aromatic rings. The molecule has 1 atom stereocenters. The third kappa shape index (κ3) is 3.71. The Morgan fingerprint density at radius 1 is 1.58 bits per heavy atom. The molecule has 0 bridgehead atoms. The standard InChI is InChI=1S/C14H18BrClN2O/c1-2-18-7-3-4-11(18)9-17-14(19)10-5-6-13(16)12(15)8-10/h5-6,8,11H,2-4,7,9H2,1H3,(H,17,19). The predicted octanol–water partition coefficient (Wildman–Crippen LogP) is 3.32. The summed E-state index contributed by atoms with van der Waals surface area (Å²) in [6.45, 7) is 5.07. The summed E-state index contributed by atoms with van der Waals surface area (Å²) in [4.78, 5) is 14.5. The number of likely N-dealkylation sites (tertiary alicyclic amines) is 1. The number of carbonyl (C=O) groups is 1. The summed E-state index contributed by atoms with van der Waals surface area (Å²) in [7, 11) is 0. The maximum absolute atomic E-state index is 12.1. The van der Waals surface area contributed by atoms with Crippen molar-refractivity contribution in [2.75, 3.05) is 19.6 Å². The van der Waals surface area contributed by atoms with E-state index in [-0.39, 0.29) is 5.91 Å². The van der Waals surface area contributed by atoms with E-state index in [2.05, 4.69) is 33.1 Å². The highest BCUT2D eigenvalue weighted by molar-refractivity contribution is 9.10. The highest BCUT2D eigenvalue weighted by atomic mass is 79.9. The Kier molecular flexibility index (Phi) is 5.25. The lowest BCUT2D eigenvalue weighted by atomic mass is 10.2. The summed E-state index contributed by atoms with van der Waals surface area (Å²) in [6.07, 6.45) is 2.39. The van der Waals surface area contributed by atoms with Crippen molar-refractivity contribution in [3.05, 3.63) is 33.3 Å². The van der Waals surface area contributed by atoms with Crippen molar-refractivity contribution in [1.29, 1.82) is 0 Å². The molecule has 104 valence electrons. The van der Waals surface area contributed by atoms with Gasteiger partial charge in [0.2, 0.25) is 0 Å². The van der Waals surface area contributed by atoms with Gasteiger partial charge in [-0.25, -0.2) is 0 Å². The third-order valence-corrected chi connectivity index (χ3v) is 4.80. The normalized spacial score (nSPS) is 19.6. The van der Waals surface area contributed by atoms with Gasteiger partial charge in [-0.05, 0) is 60.1 Å². The van der Waals surface area contributed by atoms with Crippen LogP contribution in [0.5, 0.6) is 0 Å². The number of hydrogen-bond acceptors (Lipinski definition) is 2. The van der Waals surface area contributed by atoms with E-state index < -0.39 is 0 Å². The second kappa shape index (κ2) is 6.73. The maximum Gasteiger partial charge on any atom is 0.251 e. The van der Waals surface area contributed by atoms with Gasteiger partial charge in [0.15, 0.2) is 0 Å². The summed E-state index contributed by atoms with van der Waals surface area (Å²) in [5, 5.41) is 3.62. The van der Waals surface area contributed by atoms with Gasteiger partial charge >= 0.3 is 0 Å². The lowest BCUT2D eigenvalue weighted by molar-refractivity contribution is 0.0941. The lowest BCUT2D eigenvalue weighted by Crippen LogP contribution is -2.40. The Morgan fingerprint density at radius 3 is 3.05 bits per heavy atom. The zero-order chi connectivity index (χ0) is 13.8. The summed E-state index contributed by atoms with van der Waals surface area (Å²) in [5.41, 5.74) is 0.636. The fourth-order valence-corrected chi connectivity index (χ4v) is 2.99. The van der Waals surface area contributed by atoms with Crippen molar-refractivity contribution < 1.29 is 4.79 Å². The number of carbonyl (C=O) groups excluding carboxylic acids is 1. The van der Waals surface area contributed by atoms with Crippen LogP contribution in [0.4, 0.5) is 0 Å². The molecule has 3 nitrogen and oxygen atoms in total. The topological polar surface area (TPSA) is 32.3 Å². The SMILES string of the molecule is CCN1CCCC1CNC(=O)c1ccc(Cl)c(Br)c1. The molecule has 1 aliphatic rings. The van der Waals surface area contributed by atoms with Crippen molar-refractivity contribution in [3.63, 3.8) is 0 Å². The van der Waals surface area contributed by atoms with Crippen LogP contribution < -0.4 is 5.32 Å². The molecule has 0 aliphatic carbocycles. The van der Waals surface area contributed by atoms with E-state index in [0.29, 0.717) is 23.2 Å². The van der Waals surface area contributed by atoms with Crippen molar-refractivity contribution in [3.8, 4) is 0 Å². The summed E-state index contributed by atoms with van der Waals surface area (Å²) in [6, 6.07) is 5.71. The van der Waals surface area contributed by atoms with Crippen molar-refractivity contribution in [2.24, 2.45) is 0 Å². The van der Waals surface area contributed by atoms with E-state index in [1.807, 2.05) is 0 Å². The number of benzene rings is 1. The van der Waals surface area contributed by atoms with Crippen molar-refractivity contribution in [2.45, 2.75) is 25.8 Å². The lowest BCUT2D eigenvalue weighted by Gasteiger charge is -2.22. The highest BCUT2D eigenvalue weighted by Gasteiger charge is 2.23. The number of nitrogens with one attached hydrogen (secondary N) is 1. The largest absolute Gasteiger partial charge is 0.350 e. The van der Waals surface area contributed by atoms with Crippen LogP contribution in [-0.2, 0) is 0 Å². The van der Waals surface area contributed by atoms with Crippen LogP contribution in [-0.4, -0.2) is 36.5 Å². The molecule has 1 N–H and O–H groups in total. The third-order valence-electron chi connectivity index (χ3n) is 3.59.